The lowest BCUT2D eigenvalue weighted by Gasteiger charge is -2.34. The number of piperidine rings is 1. The number of ether oxygens (including phenoxy) is 1. The minimum absolute atomic E-state index is 0.0943. The standard InChI is InChI=1S/C20H26N5O2P/c1-20(2,3)27-19(26)24-10-4-5-14(12-24)25-18(22)16(11-21)17(23-25)13-6-8-15(28)9-7-13/h6-9,14H,4-5,10,12,22,28H2,1-3H3. The molecule has 2 N–H and O–H groups in total. The molecule has 2 heterocycles. The van der Waals surface area contributed by atoms with Crippen molar-refractivity contribution >= 4 is 26.5 Å². The number of rotatable bonds is 2. The van der Waals surface area contributed by atoms with Crippen LogP contribution in [0, 0.1) is 11.3 Å². The summed E-state index contributed by atoms with van der Waals surface area (Å²) >= 11 is 0. The van der Waals surface area contributed by atoms with Crippen LogP contribution in [0.1, 0.15) is 45.2 Å². The molecule has 1 amide bonds. The third-order valence-corrected chi connectivity index (χ3v) is 5.02. The second kappa shape index (κ2) is 7.81. The van der Waals surface area contributed by atoms with Crippen molar-refractivity contribution in [3.63, 3.8) is 0 Å². The molecule has 1 saturated heterocycles. The number of carbonyl (C=O) groups excluding carboxylic acids is 1. The van der Waals surface area contributed by atoms with Crippen LogP contribution in [0.5, 0.6) is 0 Å². The number of carbonyl (C=O) groups is 1. The van der Waals surface area contributed by atoms with E-state index in [9.17, 15) is 10.1 Å². The van der Waals surface area contributed by atoms with Gasteiger partial charge in [0.2, 0.25) is 0 Å². The van der Waals surface area contributed by atoms with Gasteiger partial charge in [0.1, 0.15) is 28.7 Å². The van der Waals surface area contributed by atoms with E-state index >= 15 is 0 Å². The molecule has 1 aliphatic rings. The van der Waals surface area contributed by atoms with Gasteiger partial charge in [0.15, 0.2) is 0 Å². The molecule has 148 valence electrons. The predicted molar refractivity (Wildman–Crippen MR) is 112 cm³/mol. The summed E-state index contributed by atoms with van der Waals surface area (Å²) in [5.74, 6) is 0.337. The molecule has 28 heavy (non-hydrogen) atoms. The van der Waals surface area contributed by atoms with Gasteiger partial charge in [-0.2, -0.15) is 10.4 Å². The molecule has 0 spiro atoms. The number of hydrogen-bond donors (Lipinski definition) is 1. The molecule has 7 nitrogen and oxygen atoms in total. The molecule has 3 rings (SSSR count). The smallest absolute Gasteiger partial charge is 0.410 e. The summed E-state index contributed by atoms with van der Waals surface area (Å²) in [6.45, 7) is 6.64. The van der Waals surface area contributed by atoms with E-state index in [0.29, 0.717) is 30.2 Å². The van der Waals surface area contributed by atoms with Crippen molar-refractivity contribution in [3.05, 3.63) is 29.8 Å². The molecule has 0 bridgehead atoms. The lowest BCUT2D eigenvalue weighted by Crippen LogP contribution is -2.43. The van der Waals surface area contributed by atoms with Crippen LogP contribution in [-0.2, 0) is 4.74 Å². The van der Waals surface area contributed by atoms with Crippen LogP contribution >= 0.6 is 9.24 Å². The molecular weight excluding hydrogens is 373 g/mol. The minimum Gasteiger partial charge on any atom is -0.444 e. The van der Waals surface area contributed by atoms with Gasteiger partial charge in [0.25, 0.3) is 0 Å². The second-order valence-corrected chi connectivity index (χ2v) is 8.68. The average molecular weight is 399 g/mol. The highest BCUT2D eigenvalue weighted by Crippen LogP contribution is 2.31. The molecule has 0 saturated carbocycles. The fraction of sp³-hybridized carbons (Fsp3) is 0.450. The summed E-state index contributed by atoms with van der Waals surface area (Å²) in [7, 11) is 2.63. The number of nitrogens with two attached hydrogens (primary N) is 1. The van der Waals surface area contributed by atoms with Crippen molar-refractivity contribution in [2.24, 2.45) is 0 Å². The second-order valence-electron chi connectivity index (χ2n) is 8.01. The summed E-state index contributed by atoms with van der Waals surface area (Å²) in [4.78, 5) is 14.1. The first kappa shape index (κ1) is 20.2. The zero-order valence-corrected chi connectivity index (χ0v) is 17.6. The van der Waals surface area contributed by atoms with Gasteiger partial charge in [-0.15, -0.1) is 9.24 Å². The summed E-state index contributed by atoms with van der Waals surface area (Å²) in [5.41, 5.74) is 7.51. The van der Waals surface area contributed by atoms with E-state index < -0.39 is 5.60 Å². The largest absolute Gasteiger partial charge is 0.444 e. The molecule has 2 atom stereocenters. The SMILES string of the molecule is CC(C)(C)OC(=O)N1CCCC(n2nc(-c3ccc(P)cc3)c(C#N)c2N)C1. The Kier molecular flexibility index (Phi) is 5.62. The highest BCUT2D eigenvalue weighted by molar-refractivity contribution is 7.27. The summed E-state index contributed by atoms with van der Waals surface area (Å²) < 4.78 is 7.19. The van der Waals surface area contributed by atoms with Gasteiger partial charge in [0.05, 0.1) is 6.04 Å². The van der Waals surface area contributed by atoms with Gasteiger partial charge in [-0.3, -0.25) is 0 Å². The number of hydrogen-bond acceptors (Lipinski definition) is 5. The summed E-state index contributed by atoms with van der Waals surface area (Å²) in [6.07, 6.45) is 1.32. The van der Waals surface area contributed by atoms with E-state index in [1.807, 2.05) is 45.0 Å². The molecule has 0 aliphatic carbocycles. The normalized spacial score (nSPS) is 17.2. The maximum atomic E-state index is 12.4. The summed E-state index contributed by atoms with van der Waals surface area (Å²) in [6, 6.07) is 9.82. The van der Waals surface area contributed by atoms with Crippen LogP contribution in [0.4, 0.5) is 10.6 Å². The molecule has 1 fully saturated rings. The van der Waals surface area contributed by atoms with Crippen molar-refractivity contribution in [3.8, 4) is 17.3 Å². The summed E-state index contributed by atoms with van der Waals surface area (Å²) in [5, 5.41) is 15.3. The molecule has 1 aromatic carbocycles. The van der Waals surface area contributed by atoms with Crippen molar-refractivity contribution in [2.45, 2.75) is 45.3 Å². The Hall–Kier alpha value is -2.58. The molecule has 2 unspecified atom stereocenters. The number of nitrogens with zero attached hydrogens (tertiary/aromatic N) is 4. The first-order valence-corrected chi connectivity index (χ1v) is 9.89. The highest BCUT2D eigenvalue weighted by Gasteiger charge is 2.31. The van der Waals surface area contributed by atoms with E-state index in [0.717, 1.165) is 23.7 Å². The number of nitrogen functional groups attached to an aromatic ring is 1. The quantitative estimate of drug-likeness (QED) is 0.783. The van der Waals surface area contributed by atoms with E-state index in [1.54, 1.807) is 9.58 Å². The zero-order valence-electron chi connectivity index (χ0n) is 16.5. The van der Waals surface area contributed by atoms with Crippen LogP contribution in [0.15, 0.2) is 24.3 Å². The van der Waals surface area contributed by atoms with Crippen molar-refractivity contribution in [1.29, 1.82) is 5.26 Å². The van der Waals surface area contributed by atoms with Gasteiger partial charge in [0, 0.05) is 18.7 Å². The minimum atomic E-state index is -0.542. The number of aromatic nitrogens is 2. The first-order chi connectivity index (χ1) is 13.2. The maximum Gasteiger partial charge on any atom is 0.410 e. The molecule has 2 aromatic rings. The van der Waals surface area contributed by atoms with Gasteiger partial charge in [-0.1, -0.05) is 24.3 Å². The van der Waals surface area contributed by atoms with Crippen LogP contribution in [0.3, 0.4) is 0 Å². The molecular formula is C20H26N5O2P. The van der Waals surface area contributed by atoms with E-state index in [4.69, 9.17) is 10.5 Å². The van der Waals surface area contributed by atoms with Gasteiger partial charge in [-0.05, 0) is 38.9 Å². The Morgan fingerprint density at radius 3 is 2.64 bits per heavy atom. The fourth-order valence-corrected chi connectivity index (χ4v) is 3.52. The molecule has 0 radical (unpaired) electrons. The third-order valence-electron chi connectivity index (χ3n) is 4.64. The van der Waals surface area contributed by atoms with Crippen LogP contribution in [0.25, 0.3) is 11.3 Å². The third kappa shape index (κ3) is 4.28. The van der Waals surface area contributed by atoms with E-state index in [-0.39, 0.29) is 12.1 Å². The van der Waals surface area contributed by atoms with E-state index in [1.165, 1.54) is 0 Å². The number of amides is 1. The first-order valence-electron chi connectivity index (χ1n) is 9.31. The zero-order chi connectivity index (χ0) is 20.5. The lowest BCUT2D eigenvalue weighted by atomic mass is 10.1. The Bertz CT molecular complexity index is 908. The number of nitriles is 1. The highest BCUT2D eigenvalue weighted by atomic mass is 31.0. The molecule has 8 heteroatoms. The van der Waals surface area contributed by atoms with Crippen molar-refractivity contribution < 1.29 is 9.53 Å². The van der Waals surface area contributed by atoms with E-state index in [2.05, 4.69) is 20.4 Å². The van der Waals surface area contributed by atoms with Crippen LogP contribution < -0.4 is 11.0 Å². The fourth-order valence-electron chi connectivity index (χ4n) is 3.33. The topological polar surface area (TPSA) is 97.2 Å². The Morgan fingerprint density at radius 1 is 1.36 bits per heavy atom. The Labute approximate surface area is 167 Å². The monoisotopic (exact) mass is 399 g/mol. The number of likely N-dealkylation sites (tertiary alicyclic amines) is 1. The maximum absolute atomic E-state index is 12.4. The Balaban J connectivity index is 1.88. The van der Waals surface area contributed by atoms with Crippen molar-refractivity contribution in [2.75, 3.05) is 18.8 Å². The Morgan fingerprint density at radius 2 is 2.04 bits per heavy atom. The van der Waals surface area contributed by atoms with Gasteiger partial charge in [-0.25, -0.2) is 9.48 Å². The molecule has 1 aliphatic heterocycles. The number of anilines is 1. The van der Waals surface area contributed by atoms with Crippen molar-refractivity contribution in [1.82, 2.24) is 14.7 Å². The van der Waals surface area contributed by atoms with Gasteiger partial charge >= 0.3 is 6.09 Å². The molecule has 1 aromatic heterocycles. The van der Waals surface area contributed by atoms with Crippen LogP contribution in [-0.4, -0.2) is 39.5 Å². The number of benzene rings is 1. The average Bonchev–Trinajstić information content (AvgIpc) is 2.97. The predicted octanol–water partition coefficient (Wildman–Crippen LogP) is 3.08. The lowest BCUT2D eigenvalue weighted by molar-refractivity contribution is 0.0168. The van der Waals surface area contributed by atoms with Crippen LogP contribution in [0.2, 0.25) is 0 Å². The van der Waals surface area contributed by atoms with Gasteiger partial charge < -0.3 is 15.4 Å².